The first kappa shape index (κ1) is 17.3. The molecule has 1 fully saturated rings. The molecule has 24 heavy (non-hydrogen) atoms. The van der Waals surface area contributed by atoms with Crippen LogP contribution in [0.25, 0.3) is 0 Å². The number of hydrogen-bond acceptors (Lipinski definition) is 1. The van der Waals surface area contributed by atoms with Gasteiger partial charge in [0.1, 0.15) is 0 Å². The van der Waals surface area contributed by atoms with Gasteiger partial charge in [-0.2, -0.15) is 0 Å². The Morgan fingerprint density at radius 3 is 2.46 bits per heavy atom. The highest BCUT2D eigenvalue weighted by atomic mass is 35.5. The van der Waals surface area contributed by atoms with Crippen LogP contribution in [0, 0.1) is 12.8 Å². The molecule has 0 radical (unpaired) electrons. The van der Waals surface area contributed by atoms with Gasteiger partial charge in [-0.3, -0.25) is 4.79 Å². The molecular weight excluding hydrogens is 341 g/mol. The maximum Gasteiger partial charge on any atom is 0.255 e. The summed E-state index contributed by atoms with van der Waals surface area (Å²) >= 11 is 12.6. The predicted molar refractivity (Wildman–Crippen MR) is 99.7 cm³/mol. The fraction of sp³-hybridized carbons (Fsp3) is 0.350. The van der Waals surface area contributed by atoms with Gasteiger partial charge in [0.25, 0.3) is 5.91 Å². The number of carbonyl (C=O) groups excluding carboxylic acids is 1. The molecular formula is C20H21Cl2NO. The van der Waals surface area contributed by atoms with E-state index in [0.717, 1.165) is 11.1 Å². The van der Waals surface area contributed by atoms with E-state index < -0.39 is 0 Å². The summed E-state index contributed by atoms with van der Waals surface area (Å²) in [5, 5.41) is 1.03. The van der Waals surface area contributed by atoms with Crippen LogP contribution in [0.15, 0.2) is 42.5 Å². The van der Waals surface area contributed by atoms with Gasteiger partial charge >= 0.3 is 0 Å². The first-order valence-electron chi connectivity index (χ1n) is 8.28. The van der Waals surface area contributed by atoms with Gasteiger partial charge in [0.2, 0.25) is 0 Å². The molecule has 1 saturated carbocycles. The highest BCUT2D eigenvalue weighted by molar-refractivity contribution is 6.36. The van der Waals surface area contributed by atoms with Gasteiger partial charge in [-0.05, 0) is 55.9 Å². The van der Waals surface area contributed by atoms with E-state index in [1.54, 1.807) is 12.1 Å². The topological polar surface area (TPSA) is 20.3 Å². The third-order valence-electron chi connectivity index (χ3n) is 4.73. The first-order valence-corrected chi connectivity index (χ1v) is 9.03. The fourth-order valence-electron chi connectivity index (χ4n) is 2.98. The number of benzene rings is 2. The van der Waals surface area contributed by atoms with Crippen LogP contribution in [0.2, 0.25) is 10.0 Å². The van der Waals surface area contributed by atoms with Crippen molar-refractivity contribution in [2.45, 2.75) is 39.3 Å². The number of aryl methyl sites for hydroxylation is 1. The standard InChI is InChI=1S/C20H21Cl2NO/c1-13-10-19(22)17(11-18(13)21)20(24)23(14(2)16-8-9-16)12-15-6-4-3-5-7-15/h3-7,10-11,14,16H,8-9,12H2,1-2H3/t14-/m1/s1. The lowest BCUT2D eigenvalue weighted by Crippen LogP contribution is -2.39. The molecule has 1 atom stereocenters. The van der Waals surface area contributed by atoms with Crippen molar-refractivity contribution in [1.82, 2.24) is 4.90 Å². The minimum Gasteiger partial charge on any atom is -0.331 e. The van der Waals surface area contributed by atoms with Crippen molar-refractivity contribution in [2.24, 2.45) is 5.92 Å². The summed E-state index contributed by atoms with van der Waals surface area (Å²) in [5.41, 5.74) is 2.48. The van der Waals surface area contributed by atoms with Crippen LogP contribution in [0.4, 0.5) is 0 Å². The molecule has 3 rings (SSSR count). The number of rotatable bonds is 5. The number of carbonyl (C=O) groups is 1. The molecule has 1 aliphatic carbocycles. The number of nitrogens with zero attached hydrogens (tertiary/aromatic N) is 1. The third-order valence-corrected chi connectivity index (χ3v) is 5.45. The Morgan fingerprint density at radius 2 is 1.83 bits per heavy atom. The molecule has 0 aliphatic heterocycles. The smallest absolute Gasteiger partial charge is 0.255 e. The molecule has 0 saturated heterocycles. The van der Waals surface area contributed by atoms with Crippen molar-refractivity contribution < 1.29 is 4.79 Å². The molecule has 2 nitrogen and oxygen atoms in total. The first-order chi connectivity index (χ1) is 11.5. The third kappa shape index (κ3) is 3.76. The summed E-state index contributed by atoms with van der Waals surface area (Å²) in [6.07, 6.45) is 2.37. The van der Waals surface area contributed by atoms with E-state index in [-0.39, 0.29) is 11.9 Å². The van der Waals surface area contributed by atoms with Crippen LogP contribution >= 0.6 is 23.2 Å². The summed E-state index contributed by atoms with van der Waals surface area (Å²) in [6, 6.07) is 13.7. The molecule has 4 heteroatoms. The minimum atomic E-state index is -0.0508. The molecule has 0 spiro atoms. The Labute approximate surface area is 153 Å². The second kappa shape index (κ2) is 7.16. The SMILES string of the molecule is Cc1cc(Cl)c(C(=O)N(Cc2ccccc2)[C@H](C)C2CC2)cc1Cl. The highest BCUT2D eigenvalue weighted by Crippen LogP contribution is 2.37. The van der Waals surface area contributed by atoms with Gasteiger partial charge in [0.15, 0.2) is 0 Å². The normalized spacial score (nSPS) is 15.2. The second-order valence-electron chi connectivity index (χ2n) is 6.58. The zero-order valence-corrected chi connectivity index (χ0v) is 15.4. The van der Waals surface area contributed by atoms with E-state index in [1.807, 2.05) is 42.2 Å². The zero-order chi connectivity index (χ0) is 17.3. The average molecular weight is 362 g/mol. The van der Waals surface area contributed by atoms with E-state index in [2.05, 4.69) is 6.92 Å². The van der Waals surface area contributed by atoms with Crippen LogP contribution in [0.3, 0.4) is 0 Å². The molecule has 0 N–H and O–H groups in total. The van der Waals surface area contributed by atoms with E-state index in [0.29, 0.717) is 28.1 Å². The molecule has 1 amide bonds. The van der Waals surface area contributed by atoms with Crippen molar-refractivity contribution in [3.8, 4) is 0 Å². The maximum absolute atomic E-state index is 13.2. The van der Waals surface area contributed by atoms with Crippen molar-refractivity contribution in [1.29, 1.82) is 0 Å². The monoisotopic (exact) mass is 361 g/mol. The summed E-state index contributed by atoms with van der Waals surface area (Å²) in [4.78, 5) is 15.1. The van der Waals surface area contributed by atoms with Gasteiger partial charge in [-0.25, -0.2) is 0 Å². The molecule has 0 unspecified atom stereocenters. The molecule has 126 valence electrons. The van der Waals surface area contributed by atoms with Crippen molar-refractivity contribution in [3.63, 3.8) is 0 Å². The minimum absolute atomic E-state index is 0.0508. The quantitative estimate of drug-likeness (QED) is 0.664. The summed E-state index contributed by atoms with van der Waals surface area (Å²) in [6.45, 7) is 4.60. The van der Waals surface area contributed by atoms with Crippen LogP contribution in [0.5, 0.6) is 0 Å². The van der Waals surface area contributed by atoms with E-state index in [9.17, 15) is 4.79 Å². The van der Waals surface area contributed by atoms with Crippen molar-refractivity contribution >= 4 is 29.1 Å². The summed E-state index contributed by atoms with van der Waals surface area (Å²) in [5.74, 6) is 0.530. The van der Waals surface area contributed by atoms with E-state index in [4.69, 9.17) is 23.2 Å². The second-order valence-corrected chi connectivity index (χ2v) is 7.39. The molecule has 0 aromatic heterocycles. The fourth-order valence-corrected chi connectivity index (χ4v) is 3.44. The van der Waals surface area contributed by atoms with Gasteiger partial charge in [0.05, 0.1) is 10.6 Å². The number of hydrogen-bond donors (Lipinski definition) is 0. The Balaban J connectivity index is 1.92. The summed E-state index contributed by atoms with van der Waals surface area (Å²) in [7, 11) is 0. The van der Waals surface area contributed by atoms with Crippen LogP contribution in [-0.4, -0.2) is 16.8 Å². The van der Waals surface area contributed by atoms with Crippen molar-refractivity contribution in [2.75, 3.05) is 0 Å². The Bertz CT molecular complexity index is 741. The van der Waals surface area contributed by atoms with Crippen LogP contribution in [-0.2, 0) is 6.54 Å². The Hall–Kier alpha value is -1.51. The van der Waals surface area contributed by atoms with Gasteiger partial charge < -0.3 is 4.90 Å². The van der Waals surface area contributed by atoms with Gasteiger partial charge in [-0.1, -0.05) is 53.5 Å². The highest BCUT2D eigenvalue weighted by Gasteiger charge is 2.35. The predicted octanol–water partition coefficient (Wildman–Crippen LogP) is 5.74. The zero-order valence-electron chi connectivity index (χ0n) is 13.9. The molecule has 0 bridgehead atoms. The van der Waals surface area contributed by atoms with Gasteiger partial charge in [0, 0.05) is 17.6 Å². The largest absolute Gasteiger partial charge is 0.331 e. The van der Waals surface area contributed by atoms with Crippen molar-refractivity contribution in [3.05, 3.63) is 69.2 Å². The molecule has 2 aromatic rings. The van der Waals surface area contributed by atoms with Crippen LogP contribution in [0.1, 0.15) is 41.3 Å². The lowest BCUT2D eigenvalue weighted by Gasteiger charge is -2.30. The maximum atomic E-state index is 13.2. The number of halogens is 2. The van der Waals surface area contributed by atoms with E-state index >= 15 is 0 Å². The lowest BCUT2D eigenvalue weighted by atomic mass is 10.1. The lowest BCUT2D eigenvalue weighted by molar-refractivity contribution is 0.0654. The van der Waals surface area contributed by atoms with Crippen LogP contribution < -0.4 is 0 Å². The molecule has 2 aromatic carbocycles. The van der Waals surface area contributed by atoms with Gasteiger partial charge in [-0.15, -0.1) is 0 Å². The molecule has 0 heterocycles. The van der Waals surface area contributed by atoms with E-state index in [1.165, 1.54) is 12.8 Å². The number of amides is 1. The Morgan fingerprint density at radius 1 is 1.17 bits per heavy atom. The summed E-state index contributed by atoms with van der Waals surface area (Å²) < 4.78 is 0. The Kier molecular flexibility index (Phi) is 5.17. The average Bonchev–Trinajstić information content (AvgIpc) is 3.41. The molecule has 1 aliphatic rings.